The van der Waals surface area contributed by atoms with Crippen molar-refractivity contribution in [3.8, 4) is 0 Å². The van der Waals surface area contributed by atoms with E-state index in [0.29, 0.717) is 18.2 Å². The predicted molar refractivity (Wildman–Crippen MR) is 68.3 cm³/mol. The molecule has 0 aromatic rings. The normalized spacial score (nSPS) is 25.3. The van der Waals surface area contributed by atoms with Crippen LogP contribution in [0, 0.1) is 5.92 Å². The largest absolute Gasteiger partial charge is 0.481 e. The van der Waals surface area contributed by atoms with Gasteiger partial charge in [-0.05, 0) is 19.1 Å². The van der Waals surface area contributed by atoms with Gasteiger partial charge in [-0.15, -0.1) is 0 Å². The molecule has 6 heteroatoms. The Hall–Kier alpha value is -0.910. The van der Waals surface area contributed by atoms with Gasteiger partial charge >= 0.3 is 12.0 Å². The second-order valence-electron chi connectivity index (χ2n) is 4.38. The van der Waals surface area contributed by atoms with E-state index >= 15 is 0 Å². The molecule has 0 bridgehead atoms. The molecule has 3 N–H and O–H groups in total. The minimum atomic E-state index is -0.815. The van der Waals surface area contributed by atoms with Crippen LogP contribution in [0.15, 0.2) is 0 Å². The lowest BCUT2D eigenvalue weighted by molar-refractivity contribution is -0.142. The highest BCUT2D eigenvalue weighted by molar-refractivity contribution is 7.99. The number of carboxylic acid groups (broad SMARTS) is 1. The summed E-state index contributed by atoms with van der Waals surface area (Å²) in [5.74, 6) is -1.25. The Labute approximate surface area is 106 Å². The van der Waals surface area contributed by atoms with E-state index < -0.39 is 11.9 Å². The highest BCUT2D eigenvalue weighted by Crippen LogP contribution is 2.25. The highest BCUT2D eigenvalue weighted by Gasteiger charge is 2.33. The first-order valence-electron chi connectivity index (χ1n) is 5.84. The molecule has 0 saturated heterocycles. The molecule has 1 saturated carbocycles. The molecule has 1 aliphatic carbocycles. The smallest absolute Gasteiger partial charge is 0.315 e. The summed E-state index contributed by atoms with van der Waals surface area (Å²) in [6.45, 7) is 2.62. The summed E-state index contributed by atoms with van der Waals surface area (Å²) in [4.78, 5) is 22.5. The maximum Gasteiger partial charge on any atom is 0.315 e. The van der Waals surface area contributed by atoms with Crippen LogP contribution in [0.1, 0.15) is 26.2 Å². The Morgan fingerprint density at radius 1 is 1.47 bits per heavy atom. The van der Waals surface area contributed by atoms with E-state index in [4.69, 9.17) is 5.11 Å². The van der Waals surface area contributed by atoms with Gasteiger partial charge in [0, 0.05) is 17.8 Å². The molecule has 0 heterocycles. The second kappa shape index (κ2) is 6.74. The Morgan fingerprint density at radius 3 is 2.76 bits per heavy atom. The summed E-state index contributed by atoms with van der Waals surface area (Å²) in [6, 6.07) is -0.485. The van der Waals surface area contributed by atoms with Crippen LogP contribution >= 0.6 is 11.8 Å². The van der Waals surface area contributed by atoms with Gasteiger partial charge in [-0.3, -0.25) is 4.79 Å². The number of urea groups is 1. The Morgan fingerprint density at radius 2 is 2.18 bits per heavy atom. The number of hydrogen-bond donors (Lipinski definition) is 3. The van der Waals surface area contributed by atoms with E-state index in [1.807, 2.05) is 13.2 Å². The first-order chi connectivity index (χ1) is 8.04. The Balaban J connectivity index is 2.33. The lowest BCUT2D eigenvalue weighted by atomic mass is 10.0. The summed E-state index contributed by atoms with van der Waals surface area (Å²) in [7, 11) is 0. The zero-order valence-corrected chi connectivity index (χ0v) is 11.0. The third-order valence-corrected chi connectivity index (χ3v) is 4.07. The van der Waals surface area contributed by atoms with Gasteiger partial charge in [0.15, 0.2) is 0 Å². The van der Waals surface area contributed by atoms with Gasteiger partial charge < -0.3 is 15.7 Å². The van der Waals surface area contributed by atoms with Gasteiger partial charge in [0.25, 0.3) is 0 Å². The summed E-state index contributed by atoms with van der Waals surface area (Å²) in [6.07, 6.45) is 4.26. The minimum Gasteiger partial charge on any atom is -0.481 e. The Bertz CT molecular complexity index is 286. The summed E-state index contributed by atoms with van der Waals surface area (Å²) in [5.41, 5.74) is 0. The average Bonchev–Trinajstić information content (AvgIpc) is 2.74. The molecule has 0 aromatic heterocycles. The molecule has 2 amide bonds. The van der Waals surface area contributed by atoms with Crippen LogP contribution in [0.4, 0.5) is 4.79 Å². The topological polar surface area (TPSA) is 78.4 Å². The van der Waals surface area contributed by atoms with Gasteiger partial charge in [0.05, 0.1) is 5.92 Å². The van der Waals surface area contributed by atoms with E-state index in [9.17, 15) is 9.59 Å². The predicted octanol–water partition coefficient (Wildman–Crippen LogP) is 1.29. The molecule has 0 aromatic carbocycles. The number of thioether (sulfide) groups is 1. The van der Waals surface area contributed by atoms with Crippen molar-refractivity contribution in [1.29, 1.82) is 0 Å². The quantitative estimate of drug-likeness (QED) is 0.696. The fourth-order valence-electron chi connectivity index (χ4n) is 1.97. The molecule has 0 aliphatic heterocycles. The summed E-state index contributed by atoms with van der Waals surface area (Å²) < 4.78 is 0. The molecule has 0 radical (unpaired) electrons. The summed E-state index contributed by atoms with van der Waals surface area (Å²) in [5, 5.41) is 14.8. The molecule has 17 heavy (non-hydrogen) atoms. The maximum atomic E-state index is 11.6. The van der Waals surface area contributed by atoms with E-state index in [2.05, 4.69) is 10.6 Å². The van der Waals surface area contributed by atoms with Crippen LogP contribution in [-0.2, 0) is 4.79 Å². The van der Waals surface area contributed by atoms with E-state index in [1.165, 1.54) is 0 Å². The van der Waals surface area contributed by atoms with E-state index in [1.54, 1.807) is 11.8 Å². The summed E-state index contributed by atoms with van der Waals surface area (Å²) >= 11 is 1.68. The van der Waals surface area contributed by atoms with Crippen molar-refractivity contribution in [3.63, 3.8) is 0 Å². The van der Waals surface area contributed by atoms with Crippen LogP contribution in [0.3, 0.4) is 0 Å². The van der Waals surface area contributed by atoms with Crippen molar-refractivity contribution in [2.75, 3.05) is 12.8 Å². The third kappa shape index (κ3) is 4.46. The minimum absolute atomic E-state index is 0.225. The molecule has 98 valence electrons. The lowest BCUT2D eigenvalue weighted by Gasteiger charge is -2.18. The zero-order chi connectivity index (χ0) is 12.8. The molecule has 3 unspecified atom stereocenters. The number of rotatable bonds is 5. The number of hydrogen-bond acceptors (Lipinski definition) is 3. The molecule has 5 nitrogen and oxygen atoms in total. The fraction of sp³-hybridized carbons (Fsp3) is 0.818. The van der Waals surface area contributed by atoms with E-state index in [0.717, 1.165) is 12.8 Å². The lowest BCUT2D eigenvalue weighted by Crippen LogP contribution is -2.46. The number of carbonyl (C=O) groups excluding carboxylic acids is 1. The second-order valence-corrected chi connectivity index (χ2v) is 5.66. The average molecular weight is 260 g/mol. The number of amides is 2. The Kier molecular flexibility index (Phi) is 5.61. The first-order valence-corrected chi connectivity index (χ1v) is 7.13. The van der Waals surface area contributed by atoms with Crippen LogP contribution in [0.5, 0.6) is 0 Å². The highest BCUT2D eigenvalue weighted by atomic mass is 32.2. The molecule has 1 rings (SSSR count). The van der Waals surface area contributed by atoms with E-state index in [-0.39, 0.29) is 12.1 Å². The standard InChI is InChI=1S/C11H20N2O3S/c1-7(17-2)6-12-11(16)13-9-5-3-4-8(9)10(14)15/h7-9H,3-6H2,1-2H3,(H,14,15)(H2,12,13,16). The molecule has 3 atom stereocenters. The van der Waals surface area contributed by atoms with Gasteiger partial charge in [0.1, 0.15) is 0 Å². The monoisotopic (exact) mass is 260 g/mol. The van der Waals surface area contributed by atoms with Crippen molar-refractivity contribution < 1.29 is 14.7 Å². The molecule has 1 aliphatic rings. The maximum absolute atomic E-state index is 11.6. The van der Waals surface area contributed by atoms with Crippen molar-refractivity contribution in [2.24, 2.45) is 5.92 Å². The molecule has 0 spiro atoms. The number of carboxylic acids is 1. The first kappa shape index (κ1) is 14.2. The zero-order valence-electron chi connectivity index (χ0n) is 10.2. The fourth-order valence-corrected chi connectivity index (χ4v) is 2.22. The van der Waals surface area contributed by atoms with Crippen molar-refractivity contribution in [1.82, 2.24) is 10.6 Å². The van der Waals surface area contributed by atoms with Crippen LogP contribution in [0.25, 0.3) is 0 Å². The van der Waals surface area contributed by atoms with Gasteiger partial charge in [-0.1, -0.05) is 13.3 Å². The SMILES string of the molecule is CSC(C)CNC(=O)NC1CCCC1C(=O)O. The van der Waals surface area contributed by atoms with Crippen molar-refractivity contribution in [3.05, 3.63) is 0 Å². The third-order valence-electron chi connectivity index (χ3n) is 3.10. The van der Waals surface area contributed by atoms with Crippen molar-refractivity contribution >= 4 is 23.8 Å². The van der Waals surface area contributed by atoms with Crippen LogP contribution in [0.2, 0.25) is 0 Å². The van der Waals surface area contributed by atoms with Crippen LogP contribution in [-0.4, -0.2) is 41.2 Å². The number of nitrogens with one attached hydrogen (secondary N) is 2. The van der Waals surface area contributed by atoms with Crippen molar-refractivity contribution in [2.45, 2.75) is 37.5 Å². The molecule has 1 fully saturated rings. The van der Waals surface area contributed by atoms with Crippen LogP contribution < -0.4 is 10.6 Å². The number of aliphatic carboxylic acids is 1. The van der Waals surface area contributed by atoms with Gasteiger partial charge in [-0.2, -0.15) is 11.8 Å². The number of carbonyl (C=O) groups is 2. The molecular formula is C11H20N2O3S. The molecular weight excluding hydrogens is 240 g/mol. The van der Waals surface area contributed by atoms with Gasteiger partial charge in [0.2, 0.25) is 0 Å². The van der Waals surface area contributed by atoms with Gasteiger partial charge in [-0.25, -0.2) is 4.79 Å².